The quantitative estimate of drug-likeness (QED) is 0.822. The number of hydrogen-bond donors (Lipinski definition) is 1. The first-order valence-corrected chi connectivity index (χ1v) is 9.21. The molecule has 2 N–H and O–H groups in total. The molecule has 0 aliphatic carbocycles. The fourth-order valence-corrected chi connectivity index (χ4v) is 3.29. The highest BCUT2D eigenvalue weighted by molar-refractivity contribution is 5.95. The summed E-state index contributed by atoms with van der Waals surface area (Å²) in [6, 6.07) is 9.28. The molecule has 1 aliphatic heterocycles. The highest BCUT2D eigenvalue weighted by Gasteiger charge is 2.24. The van der Waals surface area contributed by atoms with Crippen LogP contribution in [0, 0.1) is 5.82 Å². The van der Waals surface area contributed by atoms with E-state index >= 15 is 0 Å². The number of ether oxygens (including phenoxy) is 3. The minimum Gasteiger partial charge on any atom is -0.493 e. The molecular formula is C21H25FN2O4. The van der Waals surface area contributed by atoms with Crippen LogP contribution in [0.15, 0.2) is 36.4 Å². The summed E-state index contributed by atoms with van der Waals surface area (Å²) in [6.07, 6.45) is 1.82. The zero-order chi connectivity index (χ0) is 20.1. The van der Waals surface area contributed by atoms with E-state index in [-0.39, 0.29) is 18.6 Å². The minimum atomic E-state index is -0.440. The first kappa shape index (κ1) is 20.1. The Morgan fingerprint density at radius 3 is 2.54 bits per heavy atom. The van der Waals surface area contributed by atoms with Gasteiger partial charge in [0.25, 0.3) is 5.91 Å². The number of nitrogens with two attached hydrogens (primary N) is 1. The van der Waals surface area contributed by atoms with Crippen molar-refractivity contribution in [3.8, 4) is 17.2 Å². The number of carbonyl (C=O) groups excluding carboxylic acids is 1. The molecule has 1 aliphatic rings. The molecule has 7 heteroatoms. The average Bonchev–Trinajstić information content (AvgIpc) is 2.72. The topological polar surface area (TPSA) is 74.0 Å². The Kier molecular flexibility index (Phi) is 6.49. The smallest absolute Gasteiger partial charge is 0.253 e. The zero-order valence-electron chi connectivity index (χ0n) is 16.1. The lowest BCUT2D eigenvalue weighted by atomic mass is 10.1. The predicted molar refractivity (Wildman–Crippen MR) is 103 cm³/mol. The van der Waals surface area contributed by atoms with Crippen LogP contribution in [0.3, 0.4) is 0 Å². The number of methoxy groups -OCH3 is 2. The molecule has 6 nitrogen and oxygen atoms in total. The summed E-state index contributed by atoms with van der Waals surface area (Å²) in [6.45, 7) is 1.48. The average molecular weight is 388 g/mol. The third kappa shape index (κ3) is 4.61. The first-order chi connectivity index (χ1) is 13.5. The van der Waals surface area contributed by atoms with Crippen molar-refractivity contribution in [1.82, 2.24) is 4.90 Å². The molecule has 0 saturated carbocycles. The Bertz CT molecular complexity index is 835. The van der Waals surface area contributed by atoms with E-state index in [0.29, 0.717) is 41.5 Å². The Morgan fingerprint density at radius 2 is 1.89 bits per heavy atom. The normalized spacial score (nSPS) is 14.8. The van der Waals surface area contributed by atoms with E-state index < -0.39 is 5.82 Å². The van der Waals surface area contributed by atoms with Crippen molar-refractivity contribution in [3.05, 3.63) is 53.3 Å². The van der Waals surface area contributed by atoms with Crippen LogP contribution in [0.5, 0.6) is 17.2 Å². The van der Waals surface area contributed by atoms with Crippen LogP contribution in [-0.4, -0.2) is 44.2 Å². The van der Waals surface area contributed by atoms with E-state index in [1.54, 1.807) is 36.3 Å². The van der Waals surface area contributed by atoms with Crippen molar-refractivity contribution in [2.24, 2.45) is 5.73 Å². The van der Waals surface area contributed by atoms with Crippen molar-refractivity contribution in [2.75, 3.05) is 27.3 Å². The Morgan fingerprint density at radius 1 is 1.14 bits per heavy atom. The first-order valence-electron chi connectivity index (χ1n) is 9.21. The molecule has 1 saturated heterocycles. The van der Waals surface area contributed by atoms with Gasteiger partial charge in [0.15, 0.2) is 11.5 Å². The summed E-state index contributed by atoms with van der Waals surface area (Å²) in [5.74, 6) is 0.570. The Balaban J connectivity index is 1.82. The third-order valence-electron chi connectivity index (χ3n) is 4.87. The molecule has 2 aromatic rings. The second-order valence-corrected chi connectivity index (χ2v) is 6.69. The van der Waals surface area contributed by atoms with E-state index in [9.17, 15) is 9.18 Å². The Hall–Kier alpha value is -2.64. The van der Waals surface area contributed by atoms with Crippen LogP contribution in [0.25, 0.3) is 0 Å². The molecule has 28 heavy (non-hydrogen) atoms. The van der Waals surface area contributed by atoms with Crippen LogP contribution in [0.4, 0.5) is 4.39 Å². The SMILES string of the molecule is COc1ccc(C(=O)N2CCC(OC)CC2)cc1Oc1cc(F)cc(CN)c1. The maximum Gasteiger partial charge on any atom is 0.253 e. The number of hydrogen-bond acceptors (Lipinski definition) is 5. The van der Waals surface area contributed by atoms with Gasteiger partial charge in [-0.3, -0.25) is 4.79 Å². The Labute approximate surface area is 164 Å². The standard InChI is InChI=1S/C21H25FN2O4/c1-26-17-5-7-24(8-6-17)21(25)15-3-4-19(27-2)20(11-15)28-18-10-14(13-23)9-16(22)12-18/h3-4,9-12,17H,5-8,13,23H2,1-2H3. The van der Waals surface area contributed by atoms with Crippen molar-refractivity contribution < 1.29 is 23.4 Å². The van der Waals surface area contributed by atoms with Crippen LogP contribution >= 0.6 is 0 Å². The fourth-order valence-electron chi connectivity index (χ4n) is 3.29. The molecule has 1 heterocycles. The van der Waals surface area contributed by atoms with Crippen molar-refractivity contribution >= 4 is 5.91 Å². The summed E-state index contributed by atoms with van der Waals surface area (Å²) in [7, 11) is 3.20. The molecule has 0 aromatic heterocycles. The van der Waals surface area contributed by atoms with Crippen molar-refractivity contribution in [1.29, 1.82) is 0 Å². The number of rotatable bonds is 6. The summed E-state index contributed by atoms with van der Waals surface area (Å²) in [4.78, 5) is 14.7. The van der Waals surface area contributed by atoms with Gasteiger partial charge in [-0.25, -0.2) is 4.39 Å². The number of piperidine rings is 1. The molecule has 3 rings (SSSR count). The van der Waals surface area contributed by atoms with E-state index in [2.05, 4.69) is 0 Å². The van der Waals surface area contributed by atoms with Gasteiger partial charge in [0.2, 0.25) is 0 Å². The summed E-state index contributed by atoms with van der Waals surface area (Å²) in [5, 5.41) is 0. The summed E-state index contributed by atoms with van der Waals surface area (Å²) in [5.41, 5.74) is 6.70. The highest BCUT2D eigenvalue weighted by atomic mass is 19.1. The van der Waals surface area contributed by atoms with Gasteiger partial charge in [-0.05, 0) is 48.7 Å². The zero-order valence-corrected chi connectivity index (χ0v) is 16.1. The number of likely N-dealkylation sites (tertiary alicyclic amines) is 1. The van der Waals surface area contributed by atoms with Crippen molar-refractivity contribution in [3.63, 3.8) is 0 Å². The summed E-state index contributed by atoms with van der Waals surface area (Å²) < 4.78 is 30.3. The third-order valence-corrected chi connectivity index (χ3v) is 4.87. The van der Waals surface area contributed by atoms with Gasteiger partial charge in [0.05, 0.1) is 13.2 Å². The lowest BCUT2D eigenvalue weighted by molar-refractivity contribution is 0.0350. The maximum atomic E-state index is 13.8. The second kappa shape index (κ2) is 9.03. The number of benzene rings is 2. The van der Waals surface area contributed by atoms with Crippen LogP contribution in [-0.2, 0) is 11.3 Å². The molecule has 150 valence electrons. The molecular weight excluding hydrogens is 363 g/mol. The molecule has 2 aromatic carbocycles. The molecule has 0 unspecified atom stereocenters. The van der Waals surface area contributed by atoms with E-state index in [1.807, 2.05) is 0 Å². The second-order valence-electron chi connectivity index (χ2n) is 6.69. The number of nitrogens with zero attached hydrogens (tertiary/aromatic N) is 1. The molecule has 0 radical (unpaired) electrons. The molecule has 0 spiro atoms. The van der Waals surface area contributed by atoms with E-state index in [4.69, 9.17) is 19.9 Å². The van der Waals surface area contributed by atoms with Gasteiger partial charge in [-0.2, -0.15) is 0 Å². The van der Waals surface area contributed by atoms with Gasteiger partial charge in [-0.1, -0.05) is 0 Å². The van der Waals surface area contributed by atoms with Crippen LogP contribution < -0.4 is 15.2 Å². The van der Waals surface area contributed by atoms with Gasteiger partial charge in [0.1, 0.15) is 11.6 Å². The molecule has 1 fully saturated rings. The van der Waals surface area contributed by atoms with E-state index in [1.165, 1.54) is 19.2 Å². The number of halogens is 1. The number of carbonyl (C=O) groups is 1. The van der Waals surface area contributed by atoms with Gasteiger partial charge < -0.3 is 24.8 Å². The number of amides is 1. The summed E-state index contributed by atoms with van der Waals surface area (Å²) >= 11 is 0. The predicted octanol–water partition coefficient (Wildman–Crippen LogP) is 3.34. The largest absolute Gasteiger partial charge is 0.493 e. The van der Waals surface area contributed by atoms with Gasteiger partial charge in [0, 0.05) is 38.4 Å². The monoisotopic (exact) mass is 388 g/mol. The molecule has 1 amide bonds. The molecule has 0 bridgehead atoms. The van der Waals surface area contributed by atoms with Crippen molar-refractivity contribution in [2.45, 2.75) is 25.5 Å². The van der Waals surface area contributed by atoms with Crippen LogP contribution in [0.1, 0.15) is 28.8 Å². The molecule has 0 atom stereocenters. The highest BCUT2D eigenvalue weighted by Crippen LogP contribution is 2.33. The fraction of sp³-hybridized carbons (Fsp3) is 0.381. The van der Waals surface area contributed by atoms with Gasteiger partial charge >= 0.3 is 0 Å². The lowest BCUT2D eigenvalue weighted by Gasteiger charge is -2.31. The lowest BCUT2D eigenvalue weighted by Crippen LogP contribution is -2.40. The van der Waals surface area contributed by atoms with E-state index in [0.717, 1.165) is 12.8 Å². The van der Waals surface area contributed by atoms with Crippen LogP contribution in [0.2, 0.25) is 0 Å². The minimum absolute atomic E-state index is 0.0797. The van der Waals surface area contributed by atoms with Gasteiger partial charge in [-0.15, -0.1) is 0 Å². The maximum absolute atomic E-state index is 13.8.